The first-order valence-electron chi connectivity index (χ1n) is 14.1. The van der Waals surface area contributed by atoms with Crippen LogP contribution in [0.25, 0.3) is 21.5 Å². The van der Waals surface area contributed by atoms with Gasteiger partial charge in [0.2, 0.25) is 0 Å². The van der Waals surface area contributed by atoms with Crippen molar-refractivity contribution in [1.29, 1.82) is 0 Å². The summed E-state index contributed by atoms with van der Waals surface area (Å²) in [5.41, 5.74) is 5.89. The fraction of sp³-hybridized carbons (Fsp3) is 0.211. The van der Waals surface area contributed by atoms with Gasteiger partial charge in [0.05, 0.1) is 0 Å². The van der Waals surface area contributed by atoms with Crippen LogP contribution in [0.3, 0.4) is 0 Å². The molecule has 0 aliphatic heterocycles. The summed E-state index contributed by atoms with van der Waals surface area (Å²) in [6.45, 7) is 15.8. The smallest absolute Gasteiger partial charge is 0.872 e. The molecule has 0 aromatic heterocycles. The van der Waals surface area contributed by atoms with E-state index in [0.29, 0.717) is 0 Å². The third kappa shape index (κ3) is 13.0. The van der Waals surface area contributed by atoms with Gasteiger partial charge in [0, 0.05) is 18.5 Å². The summed E-state index contributed by atoms with van der Waals surface area (Å²) < 4.78 is 1.95. The van der Waals surface area contributed by atoms with E-state index in [2.05, 4.69) is 132 Å². The Bertz CT molecular complexity index is 1500. The van der Waals surface area contributed by atoms with Crippen molar-refractivity contribution in [2.24, 2.45) is 0 Å². The molecule has 0 amide bonds. The second-order valence-electron chi connectivity index (χ2n) is 10.6. The van der Waals surface area contributed by atoms with Crippen molar-refractivity contribution >= 4 is 62.9 Å². The summed E-state index contributed by atoms with van der Waals surface area (Å²) in [7, 11) is 1.08. The van der Waals surface area contributed by atoms with Gasteiger partial charge < -0.3 is 10.2 Å². The number of aryl methyl sites for hydroxylation is 6. The van der Waals surface area contributed by atoms with Crippen LogP contribution in [-0.4, -0.2) is 9.52 Å². The van der Waals surface area contributed by atoms with Gasteiger partial charge in [-0.15, -0.1) is 92.7 Å². The molecule has 2 radical (unpaired) electrons. The molecule has 0 bridgehead atoms. The minimum atomic E-state index is 0. The molecule has 44 heavy (non-hydrogen) atoms. The van der Waals surface area contributed by atoms with Gasteiger partial charge in [-0.2, -0.15) is 12.1 Å². The summed E-state index contributed by atoms with van der Waals surface area (Å²) in [5.74, 6) is 0.284. The van der Waals surface area contributed by atoms with Crippen LogP contribution in [0.1, 0.15) is 33.4 Å². The van der Waals surface area contributed by atoms with E-state index in [-0.39, 0.29) is 37.7 Å². The number of hydrogen-bond acceptors (Lipinski definition) is 2. The third-order valence-electron chi connectivity index (χ3n) is 6.37. The van der Waals surface area contributed by atoms with E-state index in [1.807, 2.05) is 52.0 Å². The first-order valence-corrected chi connectivity index (χ1v) is 17.6. The molecule has 226 valence electrons. The second-order valence-corrected chi connectivity index (χ2v) is 13.4. The number of hydrogen-bond donors (Lipinski definition) is 0. The summed E-state index contributed by atoms with van der Waals surface area (Å²) >= 11 is 6.62. The molecule has 0 spiro atoms. The SMILES string of the molecule is C[Si]C.Cc1cc(Br)cc(C)c1[O-].Cc1cc(Br)cc(C)c1[O-].Cc1cc2ccccc2[cH-]1.Cc1cc2ccccc2[cH-]1.[Zr+4]. The van der Waals surface area contributed by atoms with Crippen LogP contribution in [0, 0.1) is 41.5 Å². The van der Waals surface area contributed by atoms with Gasteiger partial charge in [0.25, 0.3) is 0 Å². The van der Waals surface area contributed by atoms with Crippen molar-refractivity contribution in [2.75, 3.05) is 0 Å². The largest absolute Gasteiger partial charge is 4.00 e. The molecule has 0 atom stereocenters. The van der Waals surface area contributed by atoms with Gasteiger partial charge in [-0.25, -0.2) is 0 Å². The Balaban J connectivity index is 0.000000282. The quantitative estimate of drug-likeness (QED) is 0.113. The molecule has 0 unspecified atom stereocenters. The van der Waals surface area contributed by atoms with Crippen molar-refractivity contribution < 1.29 is 36.4 Å². The van der Waals surface area contributed by atoms with Gasteiger partial charge in [-0.05, 0) is 52.0 Å². The zero-order valence-corrected chi connectivity index (χ0v) is 33.4. The molecule has 0 heterocycles. The predicted molar refractivity (Wildman–Crippen MR) is 192 cm³/mol. The van der Waals surface area contributed by atoms with Gasteiger partial charge in [0.1, 0.15) is 0 Å². The van der Waals surface area contributed by atoms with E-state index in [1.165, 1.54) is 32.7 Å². The van der Waals surface area contributed by atoms with Crippen LogP contribution in [0.15, 0.2) is 106 Å². The van der Waals surface area contributed by atoms with Crippen LogP contribution in [-0.2, 0) is 26.2 Å². The maximum absolute atomic E-state index is 11.1. The normalized spacial score (nSPS) is 9.68. The van der Waals surface area contributed by atoms with E-state index < -0.39 is 0 Å². The van der Waals surface area contributed by atoms with E-state index in [0.717, 1.165) is 40.7 Å². The first-order chi connectivity index (χ1) is 20.4. The summed E-state index contributed by atoms with van der Waals surface area (Å²) in [6, 6.07) is 33.0. The molecule has 2 nitrogen and oxygen atoms in total. The fourth-order valence-electron chi connectivity index (χ4n) is 4.41. The Kier molecular flexibility index (Phi) is 18.1. The zero-order valence-electron chi connectivity index (χ0n) is 26.8. The Labute approximate surface area is 302 Å². The number of halogens is 2. The van der Waals surface area contributed by atoms with Crippen LogP contribution in [0.2, 0.25) is 13.1 Å². The Morgan fingerprint density at radius 3 is 1.07 bits per heavy atom. The molecule has 0 aliphatic carbocycles. The zero-order chi connectivity index (χ0) is 32.1. The van der Waals surface area contributed by atoms with Gasteiger partial charge >= 0.3 is 26.2 Å². The van der Waals surface area contributed by atoms with Gasteiger partial charge in [0.15, 0.2) is 0 Å². The third-order valence-corrected chi connectivity index (χ3v) is 7.29. The van der Waals surface area contributed by atoms with Crippen LogP contribution in [0.4, 0.5) is 0 Å². The maximum atomic E-state index is 11.1. The van der Waals surface area contributed by atoms with Crippen molar-refractivity contribution in [3.8, 4) is 11.5 Å². The number of rotatable bonds is 0. The Morgan fingerprint density at radius 1 is 0.523 bits per heavy atom. The average molecular weight is 808 g/mol. The number of fused-ring (bicyclic) bond motifs is 2. The molecule has 6 rings (SSSR count). The molecular weight excluding hydrogens is 768 g/mol. The average Bonchev–Trinajstić information content (AvgIpc) is 3.52. The fourth-order valence-corrected chi connectivity index (χ4v) is 5.78. The Morgan fingerprint density at radius 2 is 0.795 bits per heavy atom. The van der Waals surface area contributed by atoms with E-state index >= 15 is 0 Å². The van der Waals surface area contributed by atoms with E-state index in [1.54, 1.807) is 0 Å². The first kappa shape index (κ1) is 39.8. The monoisotopic (exact) mass is 804 g/mol. The summed E-state index contributed by atoms with van der Waals surface area (Å²) in [6.07, 6.45) is 0. The second kappa shape index (κ2) is 20.0. The van der Waals surface area contributed by atoms with Crippen molar-refractivity contribution in [3.63, 3.8) is 0 Å². The molecule has 6 heteroatoms. The van der Waals surface area contributed by atoms with Gasteiger partial charge in [-0.3, -0.25) is 0 Å². The molecule has 6 aromatic carbocycles. The van der Waals surface area contributed by atoms with Crippen LogP contribution < -0.4 is 10.2 Å². The summed E-state index contributed by atoms with van der Waals surface area (Å²) in [4.78, 5) is 0. The molecular formula is C38H40Br2O2SiZr. The molecule has 0 saturated heterocycles. The van der Waals surface area contributed by atoms with Crippen molar-refractivity contribution in [1.82, 2.24) is 0 Å². The molecule has 0 aliphatic rings. The number of benzene rings is 4. The van der Waals surface area contributed by atoms with Crippen molar-refractivity contribution in [3.05, 3.63) is 139 Å². The molecule has 0 saturated carbocycles. The maximum Gasteiger partial charge on any atom is 4.00 e. The topological polar surface area (TPSA) is 46.1 Å². The van der Waals surface area contributed by atoms with Crippen LogP contribution in [0.5, 0.6) is 11.5 Å². The molecule has 6 aromatic rings. The minimum absolute atomic E-state index is 0. The summed E-state index contributed by atoms with van der Waals surface area (Å²) in [5, 5.41) is 27.6. The van der Waals surface area contributed by atoms with Crippen LogP contribution >= 0.6 is 31.9 Å². The van der Waals surface area contributed by atoms with Crippen molar-refractivity contribution in [2.45, 2.75) is 54.6 Å². The minimum Gasteiger partial charge on any atom is -0.872 e. The van der Waals surface area contributed by atoms with Gasteiger partial charge in [-0.1, -0.05) is 93.2 Å². The molecule has 0 N–H and O–H groups in total. The Hall–Kier alpha value is -2.24. The predicted octanol–water partition coefficient (Wildman–Crippen LogP) is 10.8. The van der Waals surface area contributed by atoms with E-state index in [9.17, 15) is 10.2 Å². The molecule has 0 fully saturated rings. The van der Waals surface area contributed by atoms with E-state index in [4.69, 9.17) is 0 Å². The standard InChI is InChI=1S/2C10H9.2C8H9BrO.C2H6Si.Zr/c2*1-8-6-9-4-2-3-5-10(9)7-8;2*1-5-3-7(9)4-6(2)8(5)10;1-3-2;/h2*2-7H,1H3;2*3-4,10H,1-2H3;1-2H3;/q2*-1;;;;+4/p-2.